The molecule has 0 aliphatic carbocycles. The van der Waals surface area contributed by atoms with E-state index in [1.54, 1.807) is 24.3 Å². The molecule has 124 valence electrons. The van der Waals surface area contributed by atoms with Crippen LogP contribution in [0.5, 0.6) is 5.75 Å². The Hall–Kier alpha value is -3.09. The van der Waals surface area contributed by atoms with E-state index in [2.05, 4.69) is 10.5 Å². The SMILES string of the molecule is O=C(NCCCOc1ccc(F)cc1)c1cc(-c2ccco2)on1. The lowest BCUT2D eigenvalue weighted by Gasteiger charge is -2.06. The van der Waals surface area contributed by atoms with Crippen LogP contribution in [0.2, 0.25) is 0 Å². The van der Waals surface area contributed by atoms with Gasteiger partial charge in [-0.25, -0.2) is 4.39 Å². The summed E-state index contributed by atoms with van der Waals surface area (Å²) in [5, 5.41) is 6.43. The Kier molecular flexibility index (Phi) is 4.90. The van der Waals surface area contributed by atoms with Crippen LogP contribution >= 0.6 is 0 Å². The normalized spacial score (nSPS) is 10.5. The molecule has 1 amide bonds. The molecule has 0 unspecified atom stereocenters. The molecule has 1 N–H and O–H groups in total. The number of carbonyl (C=O) groups excluding carboxylic acids is 1. The van der Waals surface area contributed by atoms with Crippen LogP contribution in [0.3, 0.4) is 0 Å². The number of rotatable bonds is 7. The number of ether oxygens (including phenoxy) is 1. The molecule has 2 aromatic heterocycles. The maximum Gasteiger partial charge on any atom is 0.273 e. The highest BCUT2D eigenvalue weighted by Gasteiger charge is 2.14. The third-order valence-corrected chi connectivity index (χ3v) is 3.20. The molecular weight excluding hydrogens is 315 g/mol. The van der Waals surface area contributed by atoms with Crippen molar-refractivity contribution in [3.05, 3.63) is 60.2 Å². The van der Waals surface area contributed by atoms with Gasteiger partial charge in [-0.05, 0) is 42.8 Å². The van der Waals surface area contributed by atoms with Gasteiger partial charge in [0, 0.05) is 12.6 Å². The Balaban J connectivity index is 1.40. The summed E-state index contributed by atoms with van der Waals surface area (Å²) in [5.41, 5.74) is 0.181. The van der Waals surface area contributed by atoms with Gasteiger partial charge in [-0.3, -0.25) is 4.79 Å². The summed E-state index contributed by atoms with van der Waals surface area (Å²) in [6.45, 7) is 0.825. The molecule has 0 radical (unpaired) electrons. The Labute approximate surface area is 137 Å². The Bertz CT molecular complexity index is 781. The molecule has 0 bridgehead atoms. The van der Waals surface area contributed by atoms with Crippen molar-refractivity contribution in [3.8, 4) is 17.3 Å². The lowest BCUT2D eigenvalue weighted by atomic mass is 10.3. The molecule has 0 atom stereocenters. The molecule has 1 aromatic carbocycles. The van der Waals surface area contributed by atoms with E-state index in [-0.39, 0.29) is 17.4 Å². The van der Waals surface area contributed by atoms with Crippen LogP contribution in [0.4, 0.5) is 4.39 Å². The summed E-state index contributed by atoms with van der Waals surface area (Å²) in [5.74, 6) is 0.843. The molecule has 0 fully saturated rings. The molecule has 6 nitrogen and oxygen atoms in total. The van der Waals surface area contributed by atoms with Crippen molar-refractivity contribution in [1.82, 2.24) is 10.5 Å². The number of aromatic nitrogens is 1. The van der Waals surface area contributed by atoms with Gasteiger partial charge in [0.05, 0.1) is 12.9 Å². The highest BCUT2D eigenvalue weighted by molar-refractivity contribution is 5.92. The minimum atomic E-state index is -0.335. The molecule has 3 rings (SSSR count). The van der Waals surface area contributed by atoms with E-state index in [0.29, 0.717) is 36.8 Å². The molecular formula is C17H15FN2O4. The third kappa shape index (κ3) is 4.01. The first-order chi connectivity index (χ1) is 11.7. The van der Waals surface area contributed by atoms with Crippen LogP contribution in [-0.4, -0.2) is 24.2 Å². The maximum absolute atomic E-state index is 12.7. The summed E-state index contributed by atoms with van der Waals surface area (Å²) in [4.78, 5) is 12.0. The topological polar surface area (TPSA) is 77.5 Å². The Morgan fingerprint density at radius 1 is 1.21 bits per heavy atom. The Morgan fingerprint density at radius 2 is 2.04 bits per heavy atom. The minimum absolute atomic E-state index is 0.181. The number of halogens is 1. The summed E-state index contributed by atoms with van der Waals surface area (Å²) < 4.78 is 28.4. The van der Waals surface area contributed by atoms with Crippen LogP contribution in [0.15, 0.2) is 57.7 Å². The zero-order valence-corrected chi connectivity index (χ0v) is 12.7. The third-order valence-electron chi connectivity index (χ3n) is 3.20. The number of nitrogens with one attached hydrogen (secondary N) is 1. The second-order valence-corrected chi connectivity index (χ2v) is 4.97. The summed E-state index contributed by atoms with van der Waals surface area (Å²) >= 11 is 0. The van der Waals surface area contributed by atoms with Gasteiger partial charge in [-0.2, -0.15) is 0 Å². The van der Waals surface area contributed by atoms with Crippen LogP contribution in [0, 0.1) is 5.82 Å². The molecule has 7 heteroatoms. The van der Waals surface area contributed by atoms with E-state index in [1.807, 2.05) is 0 Å². The van der Waals surface area contributed by atoms with Gasteiger partial charge in [-0.15, -0.1) is 0 Å². The van der Waals surface area contributed by atoms with Crippen molar-refractivity contribution >= 4 is 5.91 Å². The first-order valence-electron chi connectivity index (χ1n) is 7.39. The molecule has 0 aliphatic rings. The fraction of sp³-hybridized carbons (Fsp3) is 0.176. The van der Waals surface area contributed by atoms with Crippen molar-refractivity contribution in [2.45, 2.75) is 6.42 Å². The summed E-state index contributed by atoms with van der Waals surface area (Å²) in [6.07, 6.45) is 2.12. The van der Waals surface area contributed by atoms with Gasteiger partial charge < -0.3 is 19.0 Å². The van der Waals surface area contributed by atoms with E-state index in [0.717, 1.165) is 0 Å². The fourth-order valence-corrected chi connectivity index (χ4v) is 2.00. The van der Waals surface area contributed by atoms with E-state index >= 15 is 0 Å². The first-order valence-corrected chi connectivity index (χ1v) is 7.39. The predicted octanol–water partition coefficient (Wildman–Crippen LogP) is 3.27. The molecule has 0 aliphatic heterocycles. The van der Waals surface area contributed by atoms with Crippen LogP contribution in [0.25, 0.3) is 11.5 Å². The summed E-state index contributed by atoms with van der Waals surface area (Å²) in [6, 6.07) is 10.7. The van der Waals surface area contributed by atoms with Crippen LogP contribution in [0.1, 0.15) is 16.9 Å². The summed E-state index contributed by atoms with van der Waals surface area (Å²) in [7, 11) is 0. The van der Waals surface area contributed by atoms with E-state index in [4.69, 9.17) is 13.7 Å². The number of hydrogen-bond donors (Lipinski definition) is 1. The number of carbonyl (C=O) groups is 1. The van der Waals surface area contributed by atoms with Gasteiger partial charge in [-0.1, -0.05) is 5.16 Å². The van der Waals surface area contributed by atoms with Crippen LogP contribution in [-0.2, 0) is 0 Å². The maximum atomic E-state index is 12.7. The van der Waals surface area contributed by atoms with Gasteiger partial charge >= 0.3 is 0 Å². The average Bonchev–Trinajstić information content (AvgIpc) is 3.27. The Morgan fingerprint density at radius 3 is 2.79 bits per heavy atom. The number of furan rings is 1. The van der Waals surface area contributed by atoms with Crippen molar-refractivity contribution in [3.63, 3.8) is 0 Å². The molecule has 3 aromatic rings. The second-order valence-electron chi connectivity index (χ2n) is 4.97. The molecule has 0 spiro atoms. The number of nitrogens with zero attached hydrogens (tertiary/aromatic N) is 1. The molecule has 2 heterocycles. The molecule has 0 saturated heterocycles. The largest absolute Gasteiger partial charge is 0.494 e. The average molecular weight is 330 g/mol. The molecule has 24 heavy (non-hydrogen) atoms. The minimum Gasteiger partial charge on any atom is -0.494 e. The van der Waals surface area contributed by atoms with Crippen molar-refractivity contribution in [1.29, 1.82) is 0 Å². The predicted molar refractivity (Wildman–Crippen MR) is 83.1 cm³/mol. The van der Waals surface area contributed by atoms with Gasteiger partial charge in [0.15, 0.2) is 11.5 Å². The van der Waals surface area contributed by atoms with Gasteiger partial charge in [0.2, 0.25) is 5.76 Å². The standard InChI is InChI=1S/C17H15FN2O4/c18-12-4-6-13(7-5-12)22-10-2-8-19-17(21)14-11-16(24-20-14)15-3-1-9-23-15/h1,3-7,9,11H,2,8,10H2,(H,19,21). The van der Waals surface area contributed by atoms with E-state index in [1.165, 1.54) is 24.5 Å². The van der Waals surface area contributed by atoms with Crippen molar-refractivity contribution < 1.29 is 22.9 Å². The van der Waals surface area contributed by atoms with Crippen molar-refractivity contribution in [2.24, 2.45) is 0 Å². The molecule has 0 saturated carbocycles. The second kappa shape index (κ2) is 7.45. The smallest absolute Gasteiger partial charge is 0.273 e. The van der Waals surface area contributed by atoms with Gasteiger partial charge in [0.25, 0.3) is 5.91 Å². The zero-order valence-electron chi connectivity index (χ0n) is 12.7. The number of hydrogen-bond acceptors (Lipinski definition) is 5. The van der Waals surface area contributed by atoms with Gasteiger partial charge in [0.1, 0.15) is 11.6 Å². The quantitative estimate of drug-likeness (QED) is 0.673. The lowest BCUT2D eigenvalue weighted by Crippen LogP contribution is -2.25. The monoisotopic (exact) mass is 330 g/mol. The van der Waals surface area contributed by atoms with Crippen molar-refractivity contribution in [2.75, 3.05) is 13.2 Å². The lowest BCUT2D eigenvalue weighted by molar-refractivity contribution is 0.0942. The first kappa shape index (κ1) is 15.8. The van der Waals surface area contributed by atoms with Crippen LogP contribution < -0.4 is 10.1 Å². The zero-order chi connectivity index (χ0) is 16.8. The van der Waals surface area contributed by atoms with E-state index in [9.17, 15) is 9.18 Å². The highest BCUT2D eigenvalue weighted by Crippen LogP contribution is 2.20. The number of amides is 1. The van der Waals surface area contributed by atoms with E-state index < -0.39 is 0 Å². The highest BCUT2D eigenvalue weighted by atomic mass is 19.1. The number of benzene rings is 1. The fourth-order valence-electron chi connectivity index (χ4n) is 2.00.